The second-order valence-electron chi connectivity index (χ2n) is 6.20. The van der Waals surface area contributed by atoms with Crippen LogP contribution in [0.1, 0.15) is 22.2 Å². The van der Waals surface area contributed by atoms with Crippen molar-refractivity contribution in [2.45, 2.75) is 19.6 Å². The fourth-order valence-corrected chi connectivity index (χ4v) is 3.13. The molecular formula is C19H19F2N5O2S. The molecule has 29 heavy (non-hydrogen) atoms. The van der Waals surface area contributed by atoms with E-state index in [-0.39, 0.29) is 24.3 Å². The zero-order valence-electron chi connectivity index (χ0n) is 15.4. The number of pyridine rings is 1. The summed E-state index contributed by atoms with van der Waals surface area (Å²) >= 11 is 1.35. The first-order chi connectivity index (χ1) is 13.9. The smallest absolute Gasteiger partial charge is 0.254 e. The summed E-state index contributed by atoms with van der Waals surface area (Å²) < 4.78 is 28.1. The van der Waals surface area contributed by atoms with Crippen LogP contribution < -0.4 is 16.0 Å². The van der Waals surface area contributed by atoms with Gasteiger partial charge in [0.1, 0.15) is 17.5 Å². The van der Waals surface area contributed by atoms with Gasteiger partial charge in [0, 0.05) is 29.9 Å². The minimum Gasteiger partial charge on any atom is -0.392 e. The van der Waals surface area contributed by atoms with Crippen LogP contribution in [-0.2, 0) is 6.54 Å². The van der Waals surface area contributed by atoms with Crippen LogP contribution >= 0.6 is 11.3 Å². The summed E-state index contributed by atoms with van der Waals surface area (Å²) in [6.07, 6.45) is 2.51. The third-order valence-electron chi connectivity index (χ3n) is 3.77. The molecule has 0 bridgehead atoms. The van der Waals surface area contributed by atoms with Crippen LogP contribution in [0.2, 0.25) is 0 Å². The van der Waals surface area contributed by atoms with E-state index in [1.165, 1.54) is 18.3 Å². The van der Waals surface area contributed by atoms with Gasteiger partial charge >= 0.3 is 0 Å². The van der Waals surface area contributed by atoms with Gasteiger partial charge in [-0.15, -0.1) is 0 Å². The number of carbonyl (C=O) groups is 1. The molecule has 152 valence electrons. The maximum atomic E-state index is 14.1. The third-order valence-corrected chi connectivity index (χ3v) is 4.68. The van der Waals surface area contributed by atoms with Gasteiger partial charge in [-0.05, 0) is 25.1 Å². The number of nitrogens with zero attached hydrogens (tertiary/aromatic N) is 2. The number of amides is 1. The molecule has 0 spiro atoms. The zero-order valence-corrected chi connectivity index (χ0v) is 16.3. The molecule has 2 aromatic heterocycles. The lowest BCUT2D eigenvalue weighted by Gasteiger charge is -2.11. The van der Waals surface area contributed by atoms with E-state index in [0.29, 0.717) is 17.0 Å². The van der Waals surface area contributed by atoms with E-state index in [9.17, 15) is 18.7 Å². The topological polar surface area (TPSA) is 99.2 Å². The van der Waals surface area contributed by atoms with Crippen molar-refractivity contribution in [3.05, 3.63) is 64.8 Å². The van der Waals surface area contributed by atoms with Crippen LogP contribution in [0.4, 0.5) is 25.4 Å². The van der Waals surface area contributed by atoms with Crippen molar-refractivity contribution in [1.29, 1.82) is 0 Å². The van der Waals surface area contributed by atoms with Crippen LogP contribution in [0.3, 0.4) is 0 Å². The maximum absolute atomic E-state index is 14.1. The second-order valence-corrected chi connectivity index (χ2v) is 7.31. The van der Waals surface area contributed by atoms with Crippen LogP contribution in [0, 0.1) is 11.6 Å². The first-order valence-corrected chi connectivity index (χ1v) is 9.56. The molecule has 1 unspecified atom stereocenters. The quantitative estimate of drug-likeness (QED) is 0.447. The number of aliphatic hydroxyl groups is 1. The highest BCUT2D eigenvalue weighted by Crippen LogP contribution is 2.24. The molecule has 10 heteroatoms. The molecule has 2 heterocycles. The van der Waals surface area contributed by atoms with Crippen LogP contribution in [-0.4, -0.2) is 33.6 Å². The molecule has 0 aliphatic carbocycles. The number of aromatic nitrogens is 2. The third kappa shape index (κ3) is 5.69. The predicted molar refractivity (Wildman–Crippen MR) is 107 cm³/mol. The number of nitrogens with one attached hydrogen (secondary N) is 3. The fourth-order valence-electron chi connectivity index (χ4n) is 2.37. The first-order valence-electron chi connectivity index (χ1n) is 8.74. The molecule has 0 saturated carbocycles. The SMILES string of the molecule is CC(O)CNC(=O)c1cc(NCc2cnc(Nc3ccccn3)s2)c(F)cc1F. The Morgan fingerprint density at radius 1 is 1.24 bits per heavy atom. The van der Waals surface area contributed by atoms with Crippen molar-refractivity contribution in [3.8, 4) is 0 Å². The number of benzene rings is 1. The van der Waals surface area contributed by atoms with Crippen molar-refractivity contribution in [2.24, 2.45) is 0 Å². The number of halogens is 2. The Balaban J connectivity index is 1.66. The normalized spacial score (nSPS) is 11.7. The largest absolute Gasteiger partial charge is 0.392 e. The highest BCUT2D eigenvalue weighted by atomic mass is 32.1. The summed E-state index contributed by atoms with van der Waals surface area (Å²) in [6.45, 7) is 1.69. The highest BCUT2D eigenvalue weighted by molar-refractivity contribution is 7.15. The standard InChI is InChI=1S/C19H19F2N5O2S/c1-11(27)8-24-18(28)13-6-16(15(21)7-14(13)20)23-9-12-10-25-19(29-12)26-17-4-2-3-5-22-17/h2-7,10-11,23,27H,8-9H2,1H3,(H,24,28)(H,22,25,26). The number of thiazole rings is 1. The van der Waals surface area contributed by atoms with Crippen molar-refractivity contribution in [1.82, 2.24) is 15.3 Å². The van der Waals surface area contributed by atoms with Gasteiger partial charge in [-0.25, -0.2) is 18.7 Å². The van der Waals surface area contributed by atoms with Crippen LogP contribution in [0.5, 0.6) is 0 Å². The van der Waals surface area contributed by atoms with Gasteiger partial charge in [-0.1, -0.05) is 17.4 Å². The number of hydrogen-bond acceptors (Lipinski definition) is 7. The van der Waals surface area contributed by atoms with Crippen molar-refractivity contribution in [3.63, 3.8) is 0 Å². The number of carbonyl (C=O) groups excluding carboxylic acids is 1. The van der Waals surface area contributed by atoms with Gasteiger partial charge in [0.15, 0.2) is 5.13 Å². The summed E-state index contributed by atoms with van der Waals surface area (Å²) in [5.74, 6) is -1.87. The number of aliphatic hydroxyl groups excluding tert-OH is 1. The molecule has 1 aromatic carbocycles. The highest BCUT2D eigenvalue weighted by Gasteiger charge is 2.16. The lowest BCUT2D eigenvalue weighted by Crippen LogP contribution is -2.31. The number of hydrogen-bond donors (Lipinski definition) is 4. The minimum atomic E-state index is -0.976. The predicted octanol–water partition coefficient (Wildman–Crippen LogP) is 3.28. The zero-order chi connectivity index (χ0) is 20.8. The van der Waals surface area contributed by atoms with E-state index in [0.717, 1.165) is 10.9 Å². The molecule has 7 nitrogen and oxygen atoms in total. The Morgan fingerprint density at radius 3 is 2.79 bits per heavy atom. The van der Waals surface area contributed by atoms with E-state index in [4.69, 9.17) is 0 Å². The number of anilines is 3. The van der Waals surface area contributed by atoms with Gasteiger partial charge < -0.3 is 21.1 Å². The molecule has 1 atom stereocenters. The Labute approximate surface area is 169 Å². The molecule has 0 aliphatic rings. The summed E-state index contributed by atoms with van der Waals surface area (Å²) in [6, 6.07) is 7.21. The first kappa shape index (κ1) is 20.6. The van der Waals surface area contributed by atoms with E-state index in [2.05, 4.69) is 25.9 Å². The average molecular weight is 419 g/mol. The molecule has 0 fully saturated rings. The Kier molecular flexibility index (Phi) is 6.68. The molecule has 0 radical (unpaired) electrons. The van der Waals surface area contributed by atoms with Crippen molar-refractivity contribution in [2.75, 3.05) is 17.2 Å². The Morgan fingerprint density at radius 2 is 2.07 bits per heavy atom. The van der Waals surface area contributed by atoms with Crippen LogP contribution in [0.25, 0.3) is 0 Å². The molecule has 1 amide bonds. The second kappa shape index (κ2) is 9.39. The van der Waals surface area contributed by atoms with Gasteiger partial charge in [-0.2, -0.15) is 0 Å². The van der Waals surface area contributed by atoms with Gasteiger partial charge in [0.2, 0.25) is 0 Å². The molecule has 0 aliphatic heterocycles. The van der Waals surface area contributed by atoms with Gasteiger partial charge in [-0.3, -0.25) is 4.79 Å². The molecule has 4 N–H and O–H groups in total. The molecule has 3 rings (SSSR count). The van der Waals surface area contributed by atoms with Gasteiger partial charge in [0.05, 0.1) is 23.9 Å². The van der Waals surface area contributed by atoms with Crippen LogP contribution in [0.15, 0.2) is 42.7 Å². The summed E-state index contributed by atoms with van der Waals surface area (Å²) in [4.78, 5) is 21.2. The summed E-state index contributed by atoms with van der Waals surface area (Å²) in [5, 5.41) is 18.1. The van der Waals surface area contributed by atoms with Crippen molar-refractivity contribution < 1.29 is 18.7 Å². The molecular weight excluding hydrogens is 400 g/mol. The van der Waals surface area contributed by atoms with E-state index >= 15 is 0 Å². The minimum absolute atomic E-state index is 0.0127. The lowest BCUT2D eigenvalue weighted by molar-refractivity contribution is 0.0920. The van der Waals surface area contributed by atoms with Gasteiger partial charge in [0.25, 0.3) is 5.91 Å². The molecule has 0 saturated heterocycles. The summed E-state index contributed by atoms with van der Waals surface area (Å²) in [5.41, 5.74) is -0.322. The fraction of sp³-hybridized carbons (Fsp3) is 0.211. The summed E-state index contributed by atoms with van der Waals surface area (Å²) in [7, 11) is 0. The van der Waals surface area contributed by atoms with E-state index in [1.54, 1.807) is 24.5 Å². The van der Waals surface area contributed by atoms with E-state index < -0.39 is 23.6 Å². The average Bonchev–Trinajstić information content (AvgIpc) is 3.13. The monoisotopic (exact) mass is 419 g/mol. The lowest BCUT2D eigenvalue weighted by atomic mass is 10.1. The van der Waals surface area contributed by atoms with Crippen molar-refractivity contribution >= 4 is 33.9 Å². The maximum Gasteiger partial charge on any atom is 0.254 e. The Bertz CT molecular complexity index is 982. The van der Waals surface area contributed by atoms with E-state index in [1.807, 2.05) is 6.07 Å². The Hall–Kier alpha value is -3.11. The molecule has 3 aromatic rings. The number of rotatable bonds is 8.